The predicted molar refractivity (Wildman–Crippen MR) is 78.0 cm³/mol. The van der Waals surface area contributed by atoms with Crippen LogP contribution in [-0.2, 0) is 14.3 Å². The van der Waals surface area contributed by atoms with Gasteiger partial charge in [-0.3, -0.25) is 9.59 Å². The molecule has 0 aromatic heterocycles. The number of ether oxygens (including phenoxy) is 1. The van der Waals surface area contributed by atoms with Crippen molar-refractivity contribution in [2.24, 2.45) is 5.92 Å². The Morgan fingerprint density at radius 1 is 1.25 bits per heavy atom. The molecule has 3 heteroatoms. The first-order chi connectivity index (χ1) is 9.65. The molecule has 0 radical (unpaired) electrons. The second kappa shape index (κ2) is 8.92. The molecule has 1 rings (SSSR count). The van der Waals surface area contributed by atoms with E-state index in [1.54, 1.807) is 6.92 Å². The maximum absolute atomic E-state index is 11.6. The predicted octanol–water partition coefficient (Wildman–Crippen LogP) is 2.98. The van der Waals surface area contributed by atoms with Gasteiger partial charge in [-0.25, -0.2) is 0 Å². The van der Waals surface area contributed by atoms with Gasteiger partial charge in [-0.1, -0.05) is 30.0 Å². The van der Waals surface area contributed by atoms with E-state index in [2.05, 4.69) is 11.8 Å². The lowest BCUT2D eigenvalue weighted by Crippen LogP contribution is -2.24. The molecule has 0 bridgehead atoms. The van der Waals surface area contributed by atoms with Crippen molar-refractivity contribution in [3.63, 3.8) is 0 Å². The van der Waals surface area contributed by atoms with E-state index >= 15 is 0 Å². The summed E-state index contributed by atoms with van der Waals surface area (Å²) in [6, 6.07) is 9.73. The molecule has 0 amide bonds. The fourth-order valence-corrected chi connectivity index (χ4v) is 1.81. The highest BCUT2D eigenvalue weighted by molar-refractivity contribution is 5.97. The van der Waals surface area contributed by atoms with E-state index in [-0.39, 0.29) is 5.78 Å². The Bertz CT molecular complexity index is 494. The van der Waals surface area contributed by atoms with Gasteiger partial charge in [0.25, 0.3) is 0 Å². The van der Waals surface area contributed by atoms with Crippen molar-refractivity contribution in [1.82, 2.24) is 0 Å². The average molecular weight is 272 g/mol. The zero-order valence-electron chi connectivity index (χ0n) is 12.0. The van der Waals surface area contributed by atoms with Gasteiger partial charge in [0, 0.05) is 12.0 Å². The lowest BCUT2D eigenvalue weighted by atomic mass is 9.98. The molecule has 0 aliphatic carbocycles. The van der Waals surface area contributed by atoms with Crippen LogP contribution in [-0.4, -0.2) is 18.4 Å². The number of Topliss-reactive ketones (excluding diaryl/α,β-unsaturated/α-hetero) is 1. The molecule has 0 aliphatic heterocycles. The fraction of sp³-hybridized carbons (Fsp3) is 0.412. The molecule has 0 heterocycles. The van der Waals surface area contributed by atoms with Gasteiger partial charge in [-0.15, -0.1) is 0 Å². The Morgan fingerprint density at radius 3 is 2.55 bits per heavy atom. The van der Waals surface area contributed by atoms with Crippen LogP contribution in [0, 0.1) is 17.8 Å². The van der Waals surface area contributed by atoms with Crippen LogP contribution in [0.15, 0.2) is 30.3 Å². The number of carbonyl (C=O) groups is 2. The third kappa shape index (κ3) is 5.71. The second-order valence-corrected chi connectivity index (χ2v) is 4.48. The van der Waals surface area contributed by atoms with E-state index in [1.165, 1.54) is 6.92 Å². The SMILES string of the molecule is CCOC(=O)C(CCCC#Cc1ccccc1)C(C)=O. The minimum atomic E-state index is -0.645. The number of hydrogen-bond acceptors (Lipinski definition) is 3. The molecular weight excluding hydrogens is 252 g/mol. The normalized spacial score (nSPS) is 11.1. The number of ketones is 1. The number of carbonyl (C=O) groups excluding carboxylic acids is 2. The summed E-state index contributed by atoms with van der Waals surface area (Å²) < 4.78 is 4.90. The summed E-state index contributed by atoms with van der Waals surface area (Å²) in [4.78, 5) is 23.0. The molecule has 1 aromatic rings. The summed E-state index contributed by atoms with van der Waals surface area (Å²) in [5.74, 6) is 4.90. The van der Waals surface area contributed by atoms with Crippen LogP contribution >= 0.6 is 0 Å². The largest absolute Gasteiger partial charge is 0.465 e. The summed E-state index contributed by atoms with van der Waals surface area (Å²) in [5.41, 5.74) is 0.973. The van der Waals surface area contributed by atoms with Crippen molar-refractivity contribution >= 4 is 11.8 Å². The van der Waals surface area contributed by atoms with E-state index < -0.39 is 11.9 Å². The molecule has 3 nitrogen and oxygen atoms in total. The van der Waals surface area contributed by atoms with Crippen LogP contribution in [0.2, 0.25) is 0 Å². The van der Waals surface area contributed by atoms with Crippen LogP contribution in [0.5, 0.6) is 0 Å². The highest BCUT2D eigenvalue weighted by Gasteiger charge is 2.23. The molecule has 0 fully saturated rings. The summed E-state index contributed by atoms with van der Waals surface area (Å²) >= 11 is 0. The molecule has 1 unspecified atom stereocenters. The van der Waals surface area contributed by atoms with Gasteiger partial charge in [0.2, 0.25) is 0 Å². The zero-order valence-corrected chi connectivity index (χ0v) is 12.0. The van der Waals surface area contributed by atoms with Crippen molar-refractivity contribution < 1.29 is 14.3 Å². The van der Waals surface area contributed by atoms with Crippen molar-refractivity contribution in [3.05, 3.63) is 35.9 Å². The molecule has 1 aromatic carbocycles. The quantitative estimate of drug-likeness (QED) is 0.346. The van der Waals surface area contributed by atoms with Gasteiger partial charge < -0.3 is 4.74 Å². The van der Waals surface area contributed by atoms with E-state index in [4.69, 9.17) is 4.74 Å². The molecule has 0 aliphatic rings. The highest BCUT2D eigenvalue weighted by Crippen LogP contribution is 2.12. The minimum absolute atomic E-state index is 0.139. The maximum atomic E-state index is 11.6. The monoisotopic (exact) mass is 272 g/mol. The topological polar surface area (TPSA) is 43.4 Å². The Balaban J connectivity index is 2.40. The summed E-state index contributed by atoms with van der Waals surface area (Å²) in [5, 5.41) is 0. The number of rotatable bonds is 6. The number of hydrogen-bond donors (Lipinski definition) is 0. The molecule has 20 heavy (non-hydrogen) atoms. The zero-order chi connectivity index (χ0) is 14.8. The Hall–Kier alpha value is -2.08. The van der Waals surface area contributed by atoms with Crippen molar-refractivity contribution in [2.75, 3.05) is 6.61 Å². The van der Waals surface area contributed by atoms with Crippen LogP contribution in [0.4, 0.5) is 0 Å². The molecule has 0 saturated carbocycles. The molecule has 106 valence electrons. The third-order valence-electron chi connectivity index (χ3n) is 2.86. The van der Waals surface area contributed by atoms with Crippen molar-refractivity contribution in [2.45, 2.75) is 33.1 Å². The van der Waals surface area contributed by atoms with Gasteiger partial charge >= 0.3 is 5.97 Å². The van der Waals surface area contributed by atoms with Crippen molar-refractivity contribution in [3.8, 4) is 11.8 Å². The number of benzene rings is 1. The molecular formula is C17H20O3. The maximum Gasteiger partial charge on any atom is 0.316 e. The van der Waals surface area contributed by atoms with Crippen LogP contribution in [0.3, 0.4) is 0 Å². The number of unbranched alkanes of at least 4 members (excludes halogenated alkanes) is 1. The van der Waals surface area contributed by atoms with E-state index in [0.717, 1.165) is 5.56 Å². The molecule has 0 N–H and O–H groups in total. The third-order valence-corrected chi connectivity index (χ3v) is 2.86. The van der Waals surface area contributed by atoms with Gasteiger partial charge in [0.05, 0.1) is 6.61 Å². The van der Waals surface area contributed by atoms with Crippen LogP contribution < -0.4 is 0 Å². The van der Waals surface area contributed by atoms with Gasteiger partial charge in [-0.05, 0) is 38.8 Å². The van der Waals surface area contributed by atoms with Gasteiger partial charge in [0.15, 0.2) is 0 Å². The van der Waals surface area contributed by atoms with E-state index in [9.17, 15) is 9.59 Å². The second-order valence-electron chi connectivity index (χ2n) is 4.48. The Labute approximate surface area is 120 Å². The lowest BCUT2D eigenvalue weighted by Gasteiger charge is -2.11. The fourth-order valence-electron chi connectivity index (χ4n) is 1.81. The first-order valence-electron chi connectivity index (χ1n) is 6.86. The summed E-state index contributed by atoms with van der Waals surface area (Å²) in [7, 11) is 0. The molecule has 0 spiro atoms. The smallest absolute Gasteiger partial charge is 0.316 e. The first kappa shape index (κ1) is 16.0. The average Bonchev–Trinajstić information content (AvgIpc) is 2.43. The van der Waals surface area contributed by atoms with Gasteiger partial charge in [0.1, 0.15) is 11.7 Å². The van der Waals surface area contributed by atoms with Crippen molar-refractivity contribution in [1.29, 1.82) is 0 Å². The first-order valence-corrected chi connectivity index (χ1v) is 6.86. The van der Waals surface area contributed by atoms with E-state index in [1.807, 2.05) is 30.3 Å². The lowest BCUT2D eigenvalue weighted by molar-refractivity contribution is -0.151. The van der Waals surface area contributed by atoms with Gasteiger partial charge in [-0.2, -0.15) is 0 Å². The van der Waals surface area contributed by atoms with E-state index in [0.29, 0.717) is 25.9 Å². The summed E-state index contributed by atoms with van der Waals surface area (Å²) in [6.45, 7) is 3.47. The van der Waals surface area contributed by atoms with Crippen LogP contribution in [0.1, 0.15) is 38.7 Å². The minimum Gasteiger partial charge on any atom is -0.465 e. The number of esters is 1. The highest BCUT2D eigenvalue weighted by atomic mass is 16.5. The Morgan fingerprint density at radius 2 is 1.95 bits per heavy atom. The Kier molecular flexibility index (Phi) is 7.13. The summed E-state index contributed by atoms with van der Waals surface area (Å²) in [6.07, 6.45) is 1.87. The standard InChI is InChI=1S/C17H20O3/c1-3-20-17(19)16(14(2)18)13-9-5-8-12-15-10-6-4-7-11-15/h4,6-7,10-11,16H,3,5,9,13H2,1-2H3. The molecule has 1 atom stereocenters. The molecule has 0 saturated heterocycles. The van der Waals surface area contributed by atoms with Crippen LogP contribution in [0.25, 0.3) is 0 Å².